The molecule has 0 bridgehead atoms. The molecular formula is C7H11N3O2S. The van der Waals surface area contributed by atoms with Crippen LogP contribution < -0.4 is 10.9 Å². The lowest BCUT2D eigenvalue weighted by atomic mass is 10.2. The normalized spacial score (nSPS) is 11.2. The maximum Gasteiger partial charge on any atom is 0.154 e. The van der Waals surface area contributed by atoms with Crippen LogP contribution >= 0.6 is 0 Å². The molecule has 0 amide bonds. The zero-order valence-electron chi connectivity index (χ0n) is 6.97. The highest BCUT2D eigenvalue weighted by molar-refractivity contribution is 7.92. The van der Waals surface area contributed by atoms with Gasteiger partial charge in [0.15, 0.2) is 10.2 Å². The summed E-state index contributed by atoms with van der Waals surface area (Å²) in [4.78, 5) is 0. The maximum absolute atomic E-state index is 10.6. The zero-order valence-corrected chi connectivity index (χ0v) is 7.79. The van der Waals surface area contributed by atoms with Gasteiger partial charge in [-0.05, 0) is 0 Å². The summed E-state index contributed by atoms with van der Waals surface area (Å²) in [6.07, 6.45) is 0. The number of nitrogens with zero attached hydrogens (tertiary/aromatic N) is 1. The van der Waals surface area contributed by atoms with Gasteiger partial charge in [0, 0.05) is 5.56 Å². The van der Waals surface area contributed by atoms with E-state index < -0.39 is 10.2 Å². The number of rotatable bonds is 3. The summed E-state index contributed by atoms with van der Waals surface area (Å²) in [6.45, 7) is 0.591. The van der Waals surface area contributed by atoms with Crippen molar-refractivity contribution in [3.8, 4) is 0 Å². The van der Waals surface area contributed by atoms with Crippen molar-refractivity contribution in [3.05, 3.63) is 34.6 Å². The Morgan fingerprint density at radius 1 is 1.46 bits per heavy atom. The molecule has 0 spiro atoms. The lowest BCUT2D eigenvalue weighted by Crippen LogP contribution is -2.47. The van der Waals surface area contributed by atoms with E-state index in [4.69, 9.17) is 5.14 Å². The summed E-state index contributed by atoms with van der Waals surface area (Å²) in [5, 5.41) is 4.75. The number of quaternary nitrogens is 1. The number of benzene rings is 1. The smallest absolute Gasteiger partial charge is 0.154 e. The second kappa shape index (κ2) is 3.73. The van der Waals surface area contributed by atoms with Gasteiger partial charge in [-0.1, -0.05) is 24.3 Å². The molecule has 0 unspecified atom stereocenters. The molecule has 0 radical (unpaired) electrons. The third-order valence-corrected chi connectivity index (χ3v) is 1.90. The monoisotopic (exact) mass is 201 g/mol. The molecule has 0 aliphatic carbocycles. The highest BCUT2D eigenvalue weighted by Gasteiger charge is 1.91. The minimum atomic E-state index is -3.80. The first-order valence-corrected chi connectivity index (χ1v) is 5.15. The molecule has 5 N–H and O–H groups in total. The number of nitrogens with two attached hydrogens (primary N) is 1. The summed E-state index contributed by atoms with van der Waals surface area (Å²) < 4.78 is 24.5. The first-order chi connectivity index (χ1) is 6.01. The van der Waals surface area contributed by atoms with Gasteiger partial charge in [0.05, 0.1) is 6.54 Å². The molecule has 0 fully saturated rings. The van der Waals surface area contributed by atoms with E-state index in [1.165, 1.54) is 0 Å². The molecule has 1 aromatic carbocycles. The van der Waals surface area contributed by atoms with Crippen molar-refractivity contribution in [2.75, 3.05) is 0 Å². The predicted molar refractivity (Wildman–Crippen MR) is 49.2 cm³/mol. The molecule has 72 valence electrons. The molecular weight excluding hydrogens is 190 g/mol. The fraction of sp³-hybridized carbons (Fsp3) is 0.143. The fourth-order valence-corrected chi connectivity index (χ4v) is 1.32. The van der Waals surface area contributed by atoms with Crippen LogP contribution in [-0.4, -0.2) is 8.42 Å². The average molecular weight is 201 g/mol. The van der Waals surface area contributed by atoms with Crippen LogP contribution in [0.2, 0.25) is 0 Å². The highest BCUT2D eigenvalue weighted by atomic mass is 32.2. The summed E-state index contributed by atoms with van der Waals surface area (Å²) in [5.41, 5.74) is 4.93. The lowest BCUT2D eigenvalue weighted by molar-refractivity contribution is -0.386. The van der Waals surface area contributed by atoms with E-state index in [0.717, 1.165) is 5.56 Å². The topological polar surface area (TPSA) is 102 Å². The predicted octanol–water partition coefficient (Wildman–Crippen LogP) is -0.363. The second-order valence-electron chi connectivity index (χ2n) is 2.53. The van der Waals surface area contributed by atoms with Crippen LogP contribution in [0.15, 0.2) is 24.3 Å². The van der Waals surface area contributed by atoms with Crippen LogP contribution in [-0.2, 0) is 16.8 Å². The van der Waals surface area contributed by atoms with Crippen molar-refractivity contribution >= 4 is 15.9 Å². The van der Waals surface area contributed by atoms with Crippen LogP contribution in [0.3, 0.4) is 0 Å². The van der Waals surface area contributed by atoms with Crippen LogP contribution in [0.4, 0.5) is 5.69 Å². The molecule has 0 saturated carbocycles. The second-order valence-corrected chi connectivity index (χ2v) is 3.74. The van der Waals surface area contributed by atoms with Gasteiger partial charge in [-0.25, -0.2) is 13.6 Å². The van der Waals surface area contributed by atoms with Gasteiger partial charge in [0.1, 0.15) is 0 Å². The van der Waals surface area contributed by atoms with Crippen LogP contribution in [0.1, 0.15) is 5.56 Å². The Morgan fingerprint density at radius 3 is 2.69 bits per heavy atom. The van der Waals surface area contributed by atoms with E-state index in [1.54, 1.807) is 18.2 Å². The molecule has 0 aliphatic heterocycles. The molecule has 0 saturated heterocycles. The Labute approximate surface area is 76.9 Å². The van der Waals surface area contributed by atoms with E-state index in [1.807, 2.05) is 6.07 Å². The average Bonchev–Trinajstić information content (AvgIpc) is 2.01. The minimum Gasteiger partial charge on any atom is -0.564 e. The van der Waals surface area contributed by atoms with E-state index in [0.29, 0.717) is 12.2 Å². The van der Waals surface area contributed by atoms with Crippen LogP contribution in [0.25, 0.3) is 4.72 Å². The number of hydrogen-bond donors (Lipinski definition) is 2. The molecule has 5 nitrogen and oxygen atoms in total. The Bertz CT molecular complexity index is 388. The highest BCUT2D eigenvalue weighted by Crippen LogP contribution is 2.20. The first-order valence-electron chi connectivity index (χ1n) is 3.65. The molecule has 0 aromatic heterocycles. The summed E-state index contributed by atoms with van der Waals surface area (Å²) >= 11 is 0. The quantitative estimate of drug-likeness (QED) is 0.697. The third kappa shape index (κ3) is 3.41. The van der Waals surface area contributed by atoms with Crippen molar-refractivity contribution < 1.29 is 14.2 Å². The molecule has 6 heteroatoms. The fourth-order valence-electron chi connectivity index (χ4n) is 0.916. The Hall–Kier alpha value is -1.11. The summed E-state index contributed by atoms with van der Waals surface area (Å²) in [7, 11) is -3.80. The Kier molecular flexibility index (Phi) is 2.86. The van der Waals surface area contributed by atoms with Gasteiger partial charge in [0.2, 0.25) is 0 Å². The van der Waals surface area contributed by atoms with Gasteiger partial charge in [0.25, 0.3) is 0 Å². The van der Waals surface area contributed by atoms with E-state index in [-0.39, 0.29) is 0 Å². The van der Waals surface area contributed by atoms with Gasteiger partial charge in [-0.15, -0.1) is 5.69 Å². The summed E-state index contributed by atoms with van der Waals surface area (Å²) in [6, 6.07) is 6.76. The SMILES string of the molecule is NS(=O)(=O)[N-]c1cccc(C[NH3+])c1. The van der Waals surface area contributed by atoms with Gasteiger partial charge < -0.3 is 10.5 Å². The molecule has 13 heavy (non-hydrogen) atoms. The minimum absolute atomic E-state index is 0.337. The maximum atomic E-state index is 10.6. The van der Waals surface area contributed by atoms with Gasteiger partial charge in [-0.2, -0.15) is 0 Å². The molecule has 0 atom stereocenters. The van der Waals surface area contributed by atoms with E-state index >= 15 is 0 Å². The lowest BCUT2D eigenvalue weighted by Gasteiger charge is -2.18. The largest absolute Gasteiger partial charge is 0.564 e. The van der Waals surface area contributed by atoms with Crippen LogP contribution in [0.5, 0.6) is 0 Å². The molecule has 0 aliphatic rings. The number of hydrogen-bond acceptors (Lipinski definition) is 2. The standard InChI is InChI=1S/C7H10N3O2S/c8-5-6-2-1-3-7(4-6)10-13(9,11)12/h1-4H,5,8H2,(H2,9,11,12)/q-1/p+1. The van der Waals surface area contributed by atoms with Crippen molar-refractivity contribution in [3.63, 3.8) is 0 Å². The Balaban J connectivity index is 2.90. The zero-order chi connectivity index (χ0) is 9.90. The molecule has 0 heterocycles. The van der Waals surface area contributed by atoms with E-state index in [9.17, 15) is 8.42 Å². The molecule has 1 aromatic rings. The first kappa shape index (κ1) is 9.97. The Morgan fingerprint density at radius 2 is 2.15 bits per heavy atom. The van der Waals surface area contributed by atoms with Crippen molar-refractivity contribution in [2.45, 2.75) is 6.54 Å². The molecule has 1 rings (SSSR count). The van der Waals surface area contributed by atoms with Gasteiger partial charge in [-0.3, -0.25) is 0 Å². The third-order valence-electron chi connectivity index (χ3n) is 1.43. The van der Waals surface area contributed by atoms with Crippen molar-refractivity contribution in [1.82, 2.24) is 0 Å². The summed E-state index contributed by atoms with van der Waals surface area (Å²) in [5.74, 6) is 0. The van der Waals surface area contributed by atoms with Crippen molar-refractivity contribution in [1.29, 1.82) is 0 Å². The van der Waals surface area contributed by atoms with Crippen molar-refractivity contribution in [2.24, 2.45) is 5.14 Å². The van der Waals surface area contributed by atoms with Gasteiger partial charge >= 0.3 is 0 Å². The van der Waals surface area contributed by atoms with Crippen LogP contribution in [0, 0.1) is 0 Å². The van der Waals surface area contributed by atoms with E-state index in [2.05, 4.69) is 10.5 Å².